The molecule has 2 aromatic carbocycles. The van der Waals surface area contributed by atoms with Crippen LogP contribution in [-0.2, 0) is 16.2 Å². The number of hydrogen-bond acceptors (Lipinski definition) is 4. The molecule has 3 rings (SSSR count). The Labute approximate surface area is 128 Å². The zero-order valence-electron chi connectivity index (χ0n) is 12.7. The second-order valence-corrected chi connectivity index (χ2v) is 5.26. The van der Waals surface area contributed by atoms with E-state index in [0.29, 0.717) is 0 Å². The molecule has 5 nitrogen and oxygen atoms in total. The van der Waals surface area contributed by atoms with Crippen LogP contribution in [0.25, 0.3) is 10.8 Å². The highest BCUT2D eigenvalue weighted by molar-refractivity contribution is 5.89. The summed E-state index contributed by atoms with van der Waals surface area (Å²) in [6.45, 7) is 0.249. The van der Waals surface area contributed by atoms with Gasteiger partial charge in [-0.25, -0.2) is 0 Å². The molecule has 0 aliphatic heterocycles. The number of benzene rings is 2. The highest BCUT2D eigenvalue weighted by atomic mass is 16.7. The fourth-order valence-corrected chi connectivity index (χ4v) is 2.46. The van der Waals surface area contributed by atoms with E-state index in [9.17, 15) is 4.79 Å². The molecule has 0 amide bonds. The first-order valence-corrected chi connectivity index (χ1v) is 7.20. The minimum atomic E-state index is 0.160. The monoisotopic (exact) mass is 300 g/mol. The van der Waals surface area contributed by atoms with Gasteiger partial charge < -0.3 is 9.47 Å². The third-order valence-corrected chi connectivity index (χ3v) is 3.83. The van der Waals surface area contributed by atoms with Crippen molar-refractivity contribution in [2.24, 2.45) is 0 Å². The average molecular weight is 300 g/mol. The highest BCUT2D eigenvalue weighted by Gasteiger charge is 2.37. The van der Waals surface area contributed by atoms with Gasteiger partial charge in [-0.1, -0.05) is 12.1 Å². The number of fused-ring (bicyclic) bond motifs is 1. The molecule has 0 N–H and O–H groups in total. The van der Waals surface area contributed by atoms with Crippen LogP contribution in [-0.4, -0.2) is 31.1 Å². The van der Waals surface area contributed by atoms with E-state index in [1.165, 1.54) is 4.74 Å². The summed E-state index contributed by atoms with van der Waals surface area (Å²) in [5.41, 5.74) is 0.889. The zero-order valence-corrected chi connectivity index (χ0v) is 12.7. The minimum absolute atomic E-state index is 0.160. The number of carbonyl (C=O) groups excluding carboxylic acids is 1. The van der Waals surface area contributed by atoms with E-state index in [2.05, 4.69) is 0 Å². The first kappa shape index (κ1) is 14.4. The number of rotatable bonds is 6. The lowest BCUT2D eigenvalue weighted by atomic mass is 10.0. The van der Waals surface area contributed by atoms with Crippen molar-refractivity contribution in [1.29, 1.82) is 0 Å². The van der Waals surface area contributed by atoms with Gasteiger partial charge in [0.25, 0.3) is 0 Å². The van der Waals surface area contributed by atoms with E-state index in [0.717, 1.165) is 40.7 Å². The van der Waals surface area contributed by atoms with Gasteiger partial charge in [-0.15, -0.1) is 0 Å². The van der Waals surface area contributed by atoms with Crippen LogP contribution >= 0.6 is 0 Å². The number of isocyanates is 1. The molecule has 1 fully saturated rings. The lowest BCUT2D eigenvalue weighted by molar-refractivity contribution is -0.799. The van der Waals surface area contributed by atoms with Gasteiger partial charge in [-0.05, 0) is 29.0 Å². The lowest BCUT2D eigenvalue weighted by Gasteiger charge is -2.11. The van der Waals surface area contributed by atoms with Gasteiger partial charge in [0, 0.05) is 18.4 Å². The Hall–Kier alpha value is -2.52. The van der Waals surface area contributed by atoms with Crippen molar-refractivity contribution in [3.8, 4) is 11.5 Å². The summed E-state index contributed by atoms with van der Waals surface area (Å²) < 4.78 is 12.0. The summed E-state index contributed by atoms with van der Waals surface area (Å²) in [6.07, 6.45) is 3.77. The van der Waals surface area contributed by atoms with Gasteiger partial charge in [0.2, 0.25) is 6.04 Å². The van der Waals surface area contributed by atoms with Crippen LogP contribution in [0.1, 0.15) is 18.4 Å². The summed E-state index contributed by atoms with van der Waals surface area (Å²) in [7, 11) is 3.25. The topological polar surface area (TPSA) is 47.8 Å². The van der Waals surface area contributed by atoms with Crippen LogP contribution in [0.2, 0.25) is 0 Å². The maximum atomic E-state index is 11.0. The van der Waals surface area contributed by atoms with Gasteiger partial charge in [-0.2, -0.15) is 4.79 Å². The third-order valence-electron chi connectivity index (χ3n) is 3.83. The molecule has 0 radical (unpaired) electrons. The quantitative estimate of drug-likeness (QED) is 0.356. The molecule has 1 aliphatic rings. The largest absolute Gasteiger partial charge is 0.497 e. The van der Waals surface area contributed by atoms with Crippen molar-refractivity contribution < 1.29 is 23.8 Å². The van der Waals surface area contributed by atoms with Crippen molar-refractivity contribution in [3.63, 3.8) is 0 Å². The van der Waals surface area contributed by atoms with Crippen molar-refractivity contribution in [3.05, 3.63) is 35.9 Å². The average Bonchev–Trinajstić information content (AvgIpc) is 3.39. The number of ether oxygens (including phenoxy) is 2. The molecule has 22 heavy (non-hydrogen) atoms. The fraction of sp³-hybridized carbons (Fsp3) is 0.353. The molecule has 0 spiro atoms. The molecule has 114 valence electrons. The van der Waals surface area contributed by atoms with E-state index in [1.807, 2.05) is 36.4 Å². The van der Waals surface area contributed by atoms with Gasteiger partial charge in [0.1, 0.15) is 11.5 Å². The molecular formula is C17H18NO4+. The second-order valence-electron chi connectivity index (χ2n) is 5.26. The van der Waals surface area contributed by atoms with Crippen molar-refractivity contribution in [2.45, 2.75) is 25.5 Å². The first-order valence-electron chi connectivity index (χ1n) is 7.20. The van der Waals surface area contributed by atoms with Gasteiger partial charge in [-0.3, -0.25) is 4.84 Å². The minimum Gasteiger partial charge on any atom is -0.497 e. The van der Waals surface area contributed by atoms with E-state index in [-0.39, 0.29) is 12.6 Å². The summed E-state index contributed by atoms with van der Waals surface area (Å²) in [5, 5.41) is 2.05. The smallest absolute Gasteiger partial charge is 0.477 e. The Balaban J connectivity index is 1.98. The number of hydrogen-bond donors (Lipinski definition) is 0. The van der Waals surface area contributed by atoms with E-state index in [4.69, 9.17) is 14.3 Å². The predicted molar refractivity (Wildman–Crippen MR) is 80.8 cm³/mol. The van der Waals surface area contributed by atoms with Crippen LogP contribution in [0.15, 0.2) is 30.3 Å². The Morgan fingerprint density at radius 3 is 2.59 bits per heavy atom. The third kappa shape index (κ3) is 2.76. The standard InChI is InChI=1S/C17H18NO4/c1-20-14-7-3-12-4-8-17(21-2)16(15(12)9-14)10-22-18(11-19)13-5-6-13/h3-4,7-9,13H,5-6,10H2,1-2H3/q+1. The fourth-order valence-electron chi connectivity index (χ4n) is 2.46. The summed E-state index contributed by atoms with van der Waals surface area (Å²) in [4.78, 5) is 16.6. The molecule has 5 heteroatoms. The SMILES string of the molecule is COc1ccc2ccc(OC)c(CO[N+](=C=O)C3CC3)c2c1. The summed E-state index contributed by atoms with van der Waals surface area (Å²) in [5.74, 6) is 1.49. The lowest BCUT2D eigenvalue weighted by Crippen LogP contribution is -2.14. The highest BCUT2D eigenvalue weighted by Crippen LogP contribution is 2.32. The molecular weight excluding hydrogens is 282 g/mol. The van der Waals surface area contributed by atoms with Crippen LogP contribution in [0.5, 0.6) is 11.5 Å². The van der Waals surface area contributed by atoms with E-state index < -0.39 is 0 Å². The molecule has 0 aromatic heterocycles. The van der Waals surface area contributed by atoms with Crippen LogP contribution in [0, 0.1) is 0 Å². The Morgan fingerprint density at radius 1 is 1.18 bits per heavy atom. The Kier molecular flexibility index (Phi) is 3.98. The maximum Gasteiger partial charge on any atom is 0.477 e. The number of methoxy groups -OCH3 is 2. The van der Waals surface area contributed by atoms with Crippen LogP contribution in [0.3, 0.4) is 0 Å². The molecule has 0 bridgehead atoms. The zero-order chi connectivity index (χ0) is 15.5. The summed E-state index contributed by atoms with van der Waals surface area (Å²) in [6, 6.07) is 9.90. The molecule has 0 atom stereocenters. The Morgan fingerprint density at radius 2 is 1.95 bits per heavy atom. The first-order chi connectivity index (χ1) is 10.8. The van der Waals surface area contributed by atoms with E-state index >= 15 is 0 Å². The van der Waals surface area contributed by atoms with Crippen LogP contribution < -0.4 is 9.47 Å². The van der Waals surface area contributed by atoms with Gasteiger partial charge >= 0.3 is 6.08 Å². The molecule has 2 aromatic rings. The van der Waals surface area contributed by atoms with Gasteiger partial charge in [0.15, 0.2) is 6.61 Å². The van der Waals surface area contributed by atoms with Crippen molar-refractivity contribution >= 4 is 16.9 Å². The Bertz CT molecular complexity index is 740. The number of hydroxylamine groups is 1. The number of nitrogens with zero attached hydrogens (tertiary/aromatic N) is 1. The molecule has 1 saturated carbocycles. The normalized spacial score (nSPS) is 13.5. The maximum absolute atomic E-state index is 11.0. The van der Waals surface area contributed by atoms with E-state index in [1.54, 1.807) is 14.2 Å². The second kappa shape index (κ2) is 6.08. The van der Waals surface area contributed by atoms with Crippen LogP contribution in [0.4, 0.5) is 0 Å². The molecule has 1 aliphatic carbocycles. The molecule has 0 unspecified atom stereocenters. The van der Waals surface area contributed by atoms with Gasteiger partial charge in [0.05, 0.1) is 19.0 Å². The van der Waals surface area contributed by atoms with Crippen molar-refractivity contribution in [2.75, 3.05) is 14.2 Å². The summed E-state index contributed by atoms with van der Waals surface area (Å²) >= 11 is 0. The molecule has 0 heterocycles. The molecule has 0 saturated heterocycles. The predicted octanol–water partition coefficient (Wildman–Crippen LogP) is 2.80. The van der Waals surface area contributed by atoms with Crippen molar-refractivity contribution in [1.82, 2.24) is 0 Å².